The van der Waals surface area contributed by atoms with Crippen LogP contribution in [0.5, 0.6) is 5.75 Å². The quantitative estimate of drug-likeness (QED) is 0.874. The third-order valence-electron chi connectivity index (χ3n) is 3.13. The molecule has 104 valence electrons. The van der Waals surface area contributed by atoms with Crippen LogP contribution in [0, 0.1) is 6.92 Å². The molecular weight excluding hydrogens is 252 g/mol. The Labute approximate surface area is 118 Å². The SMILES string of the molecule is COc1ccc(Nc2cc(C)nc(NC3CC3)n2)cc1. The molecule has 0 bridgehead atoms. The Bertz CT molecular complexity index is 593. The average Bonchev–Trinajstić information content (AvgIpc) is 3.23. The van der Waals surface area contributed by atoms with Crippen molar-refractivity contribution in [3.63, 3.8) is 0 Å². The molecule has 5 heteroatoms. The van der Waals surface area contributed by atoms with Crippen LogP contribution >= 0.6 is 0 Å². The number of aryl methyl sites for hydroxylation is 1. The predicted octanol–water partition coefficient (Wildman–Crippen LogP) is 3.11. The largest absolute Gasteiger partial charge is 0.497 e. The number of rotatable bonds is 5. The van der Waals surface area contributed by atoms with E-state index in [1.54, 1.807) is 7.11 Å². The van der Waals surface area contributed by atoms with Crippen molar-refractivity contribution >= 4 is 17.5 Å². The van der Waals surface area contributed by atoms with E-state index in [2.05, 4.69) is 20.6 Å². The first-order valence-electron chi connectivity index (χ1n) is 6.76. The number of nitrogens with one attached hydrogen (secondary N) is 2. The van der Waals surface area contributed by atoms with Crippen molar-refractivity contribution in [3.05, 3.63) is 36.0 Å². The minimum atomic E-state index is 0.547. The second kappa shape index (κ2) is 5.36. The topological polar surface area (TPSA) is 59.1 Å². The van der Waals surface area contributed by atoms with Gasteiger partial charge in [-0.3, -0.25) is 0 Å². The number of nitrogens with zero attached hydrogens (tertiary/aromatic N) is 2. The molecule has 1 aliphatic carbocycles. The summed E-state index contributed by atoms with van der Waals surface area (Å²) in [5.41, 5.74) is 1.92. The highest BCUT2D eigenvalue weighted by Gasteiger charge is 2.22. The zero-order valence-corrected chi connectivity index (χ0v) is 11.7. The van der Waals surface area contributed by atoms with Crippen molar-refractivity contribution < 1.29 is 4.74 Å². The van der Waals surface area contributed by atoms with Gasteiger partial charge < -0.3 is 15.4 Å². The lowest BCUT2D eigenvalue weighted by molar-refractivity contribution is 0.415. The van der Waals surface area contributed by atoms with E-state index in [-0.39, 0.29) is 0 Å². The van der Waals surface area contributed by atoms with Crippen LogP contribution in [0.3, 0.4) is 0 Å². The fourth-order valence-electron chi connectivity index (χ4n) is 1.93. The Morgan fingerprint density at radius 2 is 1.90 bits per heavy atom. The van der Waals surface area contributed by atoms with Gasteiger partial charge in [0.25, 0.3) is 0 Å². The summed E-state index contributed by atoms with van der Waals surface area (Å²) in [6.45, 7) is 1.97. The monoisotopic (exact) mass is 270 g/mol. The number of ether oxygens (including phenoxy) is 1. The molecule has 0 amide bonds. The van der Waals surface area contributed by atoms with Crippen molar-refractivity contribution in [2.45, 2.75) is 25.8 Å². The fraction of sp³-hybridized carbons (Fsp3) is 0.333. The average molecular weight is 270 g/mol. The van der Waals surface area contributed by atoms with Crippen LogP contribution in [0.4, 0.5) is 17.5 Å². The van der Waals surface area contributed by atoms with E-state index in [9.17, 15) is 0 Å². The third kappa shape index (κ3) is 3.17. The highest BCUT2D eigenvalue weighted by atomic mass is 16.5. The summed E-state index contributed by atoms with van der Waals surface area (Å²) in [6, 6.07) is 10.2. The molecule has 3 rings (SSSR count). The lowest BCUT2D eigenvalue weighted by Gasteiger charge is -2.10. The van der Waals surface area contributed by atoms with Gasteiger partial charge in [0.2, 0.25) is 5.95 Å². The minimum Gasteiger partial charge on any atom is -0.497 e. The summed E-state index contributed by atoms with van der Waals surface area (Å²) in [7, 11) is 1.66. The van der Waals surface area contributed by atoms with Crippen molar-refractivity contribution in [2.75, 3.05) is 17.7 Å². The number of aromatic nitrogens is 2. The van der Waals surface area contributed by atoms with Crippen molar-refractivity contribution in [3.8, 4) is 5.75 Å². The van der Waals surface area contributed by atoms with Crippen molar-refractivity contribution in [2.24, 2.45) is 0 Å². The Morgan fingerprint density at radius 3 is 2.55 bits per heavy atom. The van der Waals surface area contributed by atoms with E-state index in [0.29, 0.717) is 12.0 Å². The van der Waals surface area contributed by atoms with Gasteiger partial charge in [0.1, 0.15) is 11.6 Å². The Hall–Kier alpha value is -2.30. The van der Waals surface area contributed by atoms with Crippen LogP contribution in [-0.2, 0) is 0 Å². The molecule has 0 aliphatic heterocycles. The van der Waals surface area contributed by atoms with Crippen molar-refractivity contribution in [1.29, 1.82) is 0 Å². The first-order chi connectivity index (χ1) is 9.72. The first kappa shape index (κ1) is 12.7. The van der Waals surface area contributed by atoms with E-state index >= 15 is 0 Å². The Kier molecular flexibility index (Phi) is 3.41. The molecule has 1 aromatic carbocycles. The standard InChI is InChI=1S/C15H18N4O/c1-10-9-14(19-15(16-10)18-12-3-4-12)17-11-5-7-13(20-2)8-6-11/h5-9,12H,3-4H2,1-2H3,(H2,16,17,18,19). The smallest absolute Gasteiger partial charge is 0.225 e. The van der Waals surface area contributed by atoms with Crippen molar-refractivity contribution in [1.82, 2.24) is 9.97 Å². The molecule has 0 unspecified atom stereocenters. The van der Waals surface area contributed by atoms with Gasteiger partial charge in [0, 0.05) is 23.5 Å². The van der Waals surface area contributed by atoms with Crippen LogP contribution in [0.2, 0.25) is 0 Å². The van der Waals surface area contributed by atoms with Gasteiger partial charge in [-0.1, -0.05) is 0 Å². The maximum absolute atomic E-state index is 5.14. The fourth-order valence-corrected chi connectivity index (χ4v) is 1.93. The molecule has 2 N–H and O–H groups in total. The second-order valence-corrected chi connectivity index (χ2v) is 4.99. The normalized spacial score (nSPS) is 13.9. The number of benzene rings is 1. The molecule has 1 aliphatic rings. The van der Waals surface area contributed by atoms with Gasteiger partial charge in [0.15, 0.2) is 0 Å². The molecule has 0 radical (unpaired) electrons. The lowest BCUT2D eigenvalue weighted by Crippen LogP contribution is -2.07. The molecule has 0 atom stereocenters. The number of methoxy groups -OCH3 is 1. The molecule has 0 spiro atoms. The maximum Gasteiger partial charge on any atom is 0.225 e. The van der Waals surface area contributed by atoms with Crippen LogP contribution in [0.15, 0.2) is 30.3 Å². The zero-order chi connectivity index (χ0) is 13.9. The van der Waals surface area contributed by atoms with E-state index in [1.165, 1.54) is 12.8 Å². The highest BCUT2D eigenvalue weighted by molar-refractivity contribution is 5.58. The summed E-state index contributed by atoms with van der Waals surface area (Å²) >= 11 is 0. The number of anilines is 3. The summed E-state index contributed by atoms with van der Waals surface area (Å²) in [5, 5.41) is 6.60. The third-order valence-corrected chi connectivity index (χ3v) is 3.13. The second-order valence-electron chi connectivity index (χ2n) is 4.99. The van der Waals surface area contributed by atoms with E-state index in [4.69, 9.17) is 4.74 Å². The van der Waals surface area contributed by atoms with E-state index in [1.807, 2.05) is 37.3 Å². The zero-order valence-electron chi connectivity index (χ0n) is 11.7. The van der Waals surface area contributed by atoms with Crippen LogP contribution in [-0.4, -0.2) is 23.1 Å². The summed E-state index contributed by atoms with van der Waals surface area (Å²) < 4.78 is 5.14. The van der Waals surface area contributed by atoms with Gasteiger partial charge in [0.05, 0.1) is 7.11 Å². The van der Waals surface area contributed by atoms with E-state index in [0.717, 1.165) is 22.9 Å². The first-order valence-corrected chi connectivity index (χ1v) is 6.76. The Balaban J connectivity index is 1.76. The summed E-state index contributed by atoms with van der Waals surface area (Å²) in [5.74, 6) is 2.33. The lowest BCUT2D eigenvalue weighted by atomic mass is 10.3. The van der Waals surface area contributed by atoms with Gasteiger partial charge in [-0.15, -0.1) is 0 Å². The summed E-state index contributed by atoms with van der Waals surface area (Å²) in [4.78, 5) is 8.89. The highest BCUT2D eigenvalue weighted by Crippen LogP contribution is 2.24. The molecule has 5 nitrogen and oxygen atoms in total. The van der Waals surface area contributed by atoms with Gasteiger partial charge in [-0.2, -0.15) is 4.98 Å². The molecule has 1 fully saturated rings. The molecule has 1 heterocycles. The van der Waals surface area contributed by atoms with Crippen LogP contribution in [0.1, 0.15) is 18.5 Å². The van der Waals surface area contributed by atoms with Gasteiger partial charge in [-0.25, -0.2) is 4.98 Å². The molecule has 1 saturated carbocycles. The molecule has 2 aromatic rings. The van der Waals surface area contributed by atoms with Crippen LogP contribution < -0.4 is 15.4 Å². The molecular formula is C15H18N4O. The number of hydrogen-bond donors (Lipinski definition) is 2. The Morgan fingerprint density at radius 1 is 1.15 bits per heavy atom. The minimum absolute atomic E-state index is 0.547. The number of hydrogen-bond acceptors (Lipinski definition) is 5. The van der Waals surface area contributed by atoms with E-state index < -0.39 is 0 Å². The maximum atomic E-state index is 5.14. The van der Waals surface area contributed by atoms with Crippen LogP contribution in [0.25, 0.3) is 0 Å². The molecule has 20 heavy (non-hydrogen) atoms. The van der Waals surface area contributed by atoms with Gasteiger partial charge >= 0.3 is 0 Å². The predicted molar refractivity (Wildman–Crippen MR) is 79.7 cm³/mol. The summed E-state index contributed by atoms with van der Waals surface area (Å²) in [6.07, 6.45) is 2.41. The molecule has 1 aromatic heterocycles. The molecule has 0 saturated heterocycles. The van der Waals surface area contributed by atoms with Gasteiger partial charge in [-0.05, 0) is 44.0 Å².